The fourth-order valence-electron chi connectivity index (χ4n) is 3.04. The average molecular weight is 443 g/mol. The summed E-state index contributed by atoms with van der Waals surface area (Å²) >= 11 is 5.15. The summed E-state index contributed by atoms with van der Waals surface area (Å²) in [5.74, 6) is 2.48. The second-order valence-electron chi connectivity index (χ2n) is 6.18. The van der Waals surface area contributed by atoms with Crippen LogP contribution in [0.25, 0.3) is 16.3 Å². The number of hydrogen-bond acceptors (Lipinski definition) is 6. The Kier molecular flexibility index (Phi) is 4.31. The van der Waals surface area contributed by atoms with E-state index in [0.29, 0.717) is 6.79 Å². The first-order chi connectivity index (χ1) is 13.3. The Hall–Kier alpha value is -2.42. The summed E-state index contributed by atoms with van der Waals surface area (Å²) in [6, 6.07) is 14.1. The molecule has 0 spiro atoms. The average Bonchev–Trinajstić information content (AvgIpc) is 3.36. The largest absolute Gasteiger partial charge is 0.454 e. The highest BCUT2D eigenvalue weighted by atomic mass is 79.9. The minimum atomic E-state index is 0.301. The molecule has 4 aromatic rings. The standard InChI is InChI=1S/C19H15BrN4O2S/c20-14-3-1-2-13(7-14)18-22-23-19-24(18)10-15(27-19)9-21-8-12-4-5-16-17(6-12)26-11-25-16/h1-7,10,21H,8-9,11H2. The third-order valence-corrected chi connectivity index (χ3v) is 5.77. The third kappa shape index (κ3) is 3.31. The maximum absolute atomic E-state index is 5.43. The molecule has 2 aromatic carbocycles. The van der Waals surface area contributed by atoms with Gasteiger partial charge in [-0.05, 0) is 29.8 Å². The number of fused-ring (bicyclic) bond motifs is 2. The van der Waals surface area contributed by atoms with Crippen molar-refractivity contribution in [2.45, 2.75) is 13.1 Å². The second-order valence-corrected chi connectivity index (χ2v) is 8.18. The van der Waals surface area contributed by atoms with Crippen LogP contribution in [0.4, 0.5) is 0 Å². The molecule has 1 aliphatic rings. The number of benzene rings is 2. The van der Waals surface area contributed by atoms with E-state index in [1.165, 1.54) is 4.88 Å². The lowest BCUT2D eigenvalue weighted by Crippen LogP contribution is -2.11. The Morgan fingerprint density at radius 1 is 1.07 bits per heavy atom. The van der Waals surface area contributed by atoms with Crippen LogP contribution in [0.1, 0.15) is 10.4 Å². The minimum Gasteiger partial charge on any atom is -0.454 e. The highest BCUT2D eigenvalue weighted by Crippen LogP contribution is 2.32. The van der Waals surface area contributed by atoms with Crippen LogP contribution in [0.2, 0.25) is 0 Å². The van der Waals surface area contributed by atoms with Crippen molar-refractivity contribution in [2.75, 3.05) is 6.79 Å². The Morgan fingerprint density at radius 2 is 2.00 bits per heavy atom. The molecular weight excluding hydrogens is 428 g/mol. The predicted octanol–water partition coefficient (Wildman–Crippen LogP) is 4.24. The van der Waals surface area contributed by atoms with Gasteiger partial charge in [0.05, 0.1) is 0 Å². The van der Waals surface area contributed by atoms with Gasteiger partial charge in [-0.15, -0.1) is 10.2 Å². The quantitative estimate of drug-likeness (QED) is 0.500. The van der Waals surface area contributed by atoms with E-state index in [-0.39, 0.29) is 0 Å². The van der Waals surface area contributed by atoms with Gasteiger partial charge in [0.2, 0.25) is 11.8 Å². The maximum Gasteiger partial charge on any atom is 0.231 e. The van der Waals surface area contributed by atoms with Gasteiger partial charge in [-0.3, -0.25) is 4.40 Å². The van der Waals surface area contributed by atoms with Gasteiger partial charge in [-0.2, -0.15) is 0 Å². The number of aromatic nitrogens is 3. The van der Waals surface area contributed by atoms with E-state index in [1.54, 1.807) is 11.3 Å². The smallest absolute Gasteiger partial charge is 0.231 e. The van der Waals surface area contributed by atoms with Gasteiger partial charge >= 0.3 is 0 Å². The lowest BCUT2D eigenvalue weighted by Gasteiger charge is -2.04. The zero-order valence-corrected chi connectivity index (χ0v) is 16.6. The Labute approximate surface area is 167 Å². The summed E-state index contributed by atoms with van der Waals surface area (Å²) in [5, 5.41) is 12.1. The van der Waals surface area contributed by atoms with Crippen molar-refractivity contribution < 1.29 is 9.47 Å². The van der Waals surface area contributed by atoms with Crippen molar-refractivity contribution in [2.24, 2.45) is 0 Å². The van der Waals surface area contributed by atoms with E-state index in [2.05, 4.69) is 43.7 Å². The lowest BCUT2D eigenvalue weighted by atomic mass is 10.2. The van der Waals surface area contributed by atoms with Crippen LogP contribution in [-0.4, -0.2) is 21.4 Å². The van der Waals surface area contributed by atoms with Crippen LogP contribution in [0.5, 0.6) is 11.5 Å². The molecule has 0 fully saturated rings. The maximum atomic E-state index is 5.43. The van der Waals surface area contributed by atoms with Crippen molar-refractivity contribution in [3.8, 4) is 22.9 Å². The van der Waals surface area contributed by atoms with Gasteiger partial charge in [-0.25, -0.2) is 0 Å². The van der Waals surface area contributed by atoms with Crippen LogP contribution in [0.3, 0.4) is 0 Å². The summed E-state index contributed by atoms with van der Waals surface area (Å²) in [6.45, 7) is 1.82. The molecule has 3 heterocycles. The number of ether oxygens (including phenoxy) is 2. The minimum absolute atomic E-state index is 0.301. The zero-order chi connectivity index (χ0) is 18.2. The molecule has 27 heavy (non-hydrogen) atoms. The fraction of sp³-hybridized carbons (Fsp3) is 0.158. The predicted molar refractivity (Wildman–Crippen MR) is 107 cm³/mol. The molecule has 8 heteroatoms. The molecule has 0 saturated heterocycles. The van der Waals surface area contributed by atoms with E-state index in [9.17, 15) is 0 Å². The van der Waals surface area contributed by atoms with Crippen LogP contribution in [0.15, 0.2) is 53.1 Å². The third-order valence-electron chi connectivity index (χ3n) is 4.31. The highest BCUT2D eigenvalue weighted by molar-refractivity contribution is 9.10. The van der Waals surface area contributed by atoms with Crippen molar-refractivity contribution in [3.05, 3.63) is 63.6 Å². The molecular formula is C19H15BrN4O2S. The topological polar surface area (TPSA) is 60.7 Å². The summed E-state index contributed by atoms with van der Waals surface area (Å²) in [6.07, 6.45) is 2.10. The molecule has 0 radical (unpaired) electrons. The van der Waals surface area contributed by atoms with Crippen LogP contribution < -0.4 is 14.8 Å². The molecule has 2 aromatic heterocycles. The summed E-state index contributed by atoms with van der Waals surface area (Å²) < 4.78 is 13.8. The second kappa shape index (κ2) is 6.95. The monoisotopic (exact) mass is 442 g/mol. The molecule has 0 atom stereocenters. The van der Waals surface area contributed by atoms with Crippen molar-refractivity contribution >= 4 is 32.2 Å². The molecule has 0 bridgehead atoms. The van der Waals surface area contributed by atoms with Gasteiger partial charge in [-0.1, -0.05) is 45.5 Å². The molecule has 1 aliphatic heterocycles. The summed E-state index contributed by atoms with van der Waals surface area (Å²) in [4.78, 5) is 2.10. The fourth-order valence-corrected chi connectivity index (χ4v) is 4.32. The number of hydrogen-bond donors (Lipinski definition) is 1. The van der Waals surface area contributed by atoms with Crippen molar-refractivity contribution in [1.29, 1.82) is 0 Å². The molecule has 0 saturated carbocycles. The van der Waals surface area contributed by atoms with E-state index >= 15 is 0 Å². The van der Waals surface area contributed by atoms with Gasteiger partial charge in [0.15, 0.2) is 17.3 Å². The zero-order valence-electron chi connectivity index (χ0n) is 14.2. The normalized spacial score (nSPS) is 12.8. The van der Waals surface area contributed by atoms with Gasteiger partial charge in [0.25, 0.3) is 0 Å². The van der Waals surface area contributed by atoms with E-state index in [1.807, 2.05) is 40.8 Å². The molecule has 0 amide bonds. The van der Waals surface area contributed by atoms with Crippen LogP contribution in [-0.2, 0) is 13.1 Å². The molecule has 0 aliphatic carbocycles. The van der Waals surface area contributed by atoms with Crippen LogP contribution >= 0.6 is 27.3 Å². The molecule has 0 unspecified atom stereocenters. The van der Waals surface area contributed by atoms with Crippen LogP contribution in [0, 0.1) is 0 Å². The Morgan fingerprint density at radius 3 is 2.93 bits per heavy atom. The number of rotatable bonds is 5. The van der Waals surface area contributed by atoms with E-state index in [0.717, 1.165) is 51.0 Å². The number of halogens is 1. The summed E-state index contributed by atoms with van der Waals surface area (Å²) in [7, 11) is 0. The first kappa shape index (κ1) is 16.7. The molecule has 1 N–H and O–H groups in total. The van der Waals surface area contributed by atoms with Gasteiger partial charge < -0.3 is 14.8 Å². The Balaban J connectivity index is 1.30. The molecule has 5 rings (SSSR count). The first-order valence-corrected chi connectivity index (χ1v) is 10.1. The van der Waals surface area contributed by atoms with E-state index < -0.39 is 0 Å². The SMILES string of the molecule is Brc1cccc(-c2nnc3sc(CNCc4ccc5c(c4)OCO5)cn23)c1. The van der Waals surface area contributed by atoms with Gasteiger partial charge in [0.1, 0.15) is 0 Å². The molecule has 136 valence electrons. The number of thiazole rings is 1. The van der Waals surface area contributed by atoms with E-state index in [4.69, 9.17) is 9.47 Å². The number of nitrogens with zero attached hydrogens (tertiary/aromatic N) is 3. The number of nitrogens with one attached hydrogen (secondary N) is 1. The van der Waals surface area contributed by atoms with Crippen molar-refractivity contribution in [1.82, 2.24) is 19.9 Å². The Bertz CT molecular complexity index is 1120. The highest BCUT2D eigenvalue weighted by Gasteiger charge is 2.14. The van der Waals surface area contributed by atoms with Crippen molar-refractivity contribution in [3.63, 3.8) is 0 Å². The summed E-state index contributed by atoms with van der Waals surface area (Å²) in [5.41, 5.74) is 2.20. The lowest BCUT2D eigenvalue weighted by molar-refractivity contribution is 0.174. The van der Waals surface area contributed by atoms with Gasteiger partial charge in [0, 0.05) is 34.2 Å². The first-order valence-electron chi connectivity index (χ1n) is 8.45. The molecule has 6 nitrogen and oxygen atoms in total.